The van der Waals surface area contributed by atoms with Gasteiger partial charge in [0.15, 0.2) is 6.10 Å². The van der Waals surface area contributed by atoms with Gasteiger partial charge in [0.25, 0.3) is 5.91 Å². The summed E-state index contributed by atoms with van der Waals surface area (Å²) in [6.45, 7) is 4.43. The first kappa shape index (κ1) is 22.4. The Hall–Kier alpha value is -3.78. The maximum Gasteiger partial charge on any atom is 0.339 e. The number of hydrogen-bond acceptors (Lipinski definition) is 6. The second-order valence-corrected chi connectivity index (χ2v) is 8.21. The fourth-order valence-electron chi connectivity index (χ4n) is 3.92. The van der Waals surface area contributed by atoms with E-state index in [4.69, 9.17) is 9.72 Å². The molecule has 8 nitrogen and oxygen atoms in total. The van der Waals surface area contributed by atoms with Crippen molar-refractivity contribution in [2.45, 2.75) is 32.9 Å². The lowest BCUT2D eigenvalue weighted by Crippen LogP contribution is -2.32. The highest BCUT2D eigenvalue weighted by molar-refractivity contribution is 6.06. The topological polar surface area (TPSA) is 101 Å². The first-order chi connectivity index (χ1) is 15.8. The molecule has 0 saturated heterocycles. The Bertz CT molecular complexity index is 1220. The lowest BCUT2D eigenvalue weighted by atomic mass is 9.96. The van der Waals surface area contributed by atoms with Crippen LogP contribution < -0.4 is 10.6 Å². The minimum absolute atomic E-state index is 0.177. The maximum atomic E-state index is 13.3. The number of nitrogens with zero attached hydrogens (tertiary/aromatic N) is 2. The second-order valence-electron chi connectivity index (χ2n) is 8.21. The number of benzene rings is 2. The molecule has 1 aromatic heterocycles. The molecule has 2 N–H and O–H groups in total. The van der Waals surface area contributed by atoms with E-state index in [1.807, 2.05) is 31.3 Å². The Morgan fingerprint density at radius 3 is 2.39 bits per heavy atom. The second kappa shape index (κ2) is 9.38. The van der Waals surface area contributed by atoms with Crippen LogP contribution in [0.4, 0.5) is 11.4 Å². The average Bonchev–Trinajstić information content (AvgIpc) is 2.78. The molecule has 3 aromatic rings. The van der Waals surface area contributed by atoms with Gasteiger partial charge in [0.2, 0.25) is 5.91 Å². The van der Waals surface area contributed by atoms with Crippen molar-refractivity contribution in [2.75, 3.05) is 24.2 Å². The SMILES string of the molecule is CC(=O)Nc1ccc(NC(=O)[C@@H](C)OC(=O)c2c3c(nc4ccccc24)CCN(C)C3)cc1. The van der Waals surface area contributed by atoms with Gasteiger partial charge in [-0.25, -0.2) is 4.79 Å². The van der Waals surface area contributed by atoms with Crippen molar-refractivity contribution in [2.24, 2.45) is 0 Å². The van der Waals surface area contributed by atoms with E-state index in [1.54, 1.807) is 31.2 Å². The average molecular weight is 447 g/mol. The molecule has 8 heteroatoms. The Morgan fingerprint density at radius 1 is 1.03 bits per heavy atom. The van der Waals surface area contributed by atoms with E-state index in [9.17, 15) is 14.4 Å². The van der Waals surface area contributed by atoms with Crippen molar-refractivity contribution in [3.05, 3.63) is 65.4 Å². The van der Waals surface area contributed by atoms with Crippen molar-refractivity contribution in [1.29, 1.82) is 0 Å². The molecular formula is C25H26N4O4. The lowest BCUT2D eigenvalue weighted by Gasteiger charge is -2.27. The van der Waals surface area contributed by atoms with Crippen LogP contribution in [0.25, 0.3) is 10.9 Å². The maximum absolute atomic E-state index is 13.3. The molecule has 0 bridgehead atoms. The molecule has 33 heavy (non-hydrogen) atoms. The van der Waals surface area contributed by atoms with E-state index in [0.29, 0.717) is 23.5 Å². The molecular weight excluding hydrogens is 420 g/mol. The van der Waals surface area contributed by atoms with Gasteiger partial charge < -0.3 is 20.3 Å². The van der Waals surface area contributed by atoms with Gasteiger partial charge in [0.05, 0.1) is 11.1 Å². The normalized spacial score (nSPS) is 14.3. The summed E-state index contributed by atoms with van der Waals surface area (Å²) in [7, 11) is 2.00. The van der Waals surface area contributed by atoms with Crippen LogP contribution in [0.15, 0.2) is 48.5 Å². The molecule has 2 amide bonds. The number of nitrogens with one attached hydrogen (secondary N) is 2. The van der Waals surface area contributed by atoms with Gasteiger partial charge in [-0.3, -0.25) is 14.6 Å². The van der Waals surface area contributed by atoms with Crippen LogP contribution in [-0.2, 0) is 27.3 Å². The molecule has 2 heterocycles. The number of rotatable bonds is 5. The van der Waals surface area contributed by atoms with Crippen molar-refractivity contribution in [3.63, 3.8) is 0 Å². The Morgan fingerprint density at radius 2 is 1.70 bits per heavy atom. The number of carbonyl (C=O) groups is 3. The molecule has 0 saturated carbocycles. The highest BCUT2D eigenvalue weighted by atomic mass is 16.5. The third kappa shape index (κ3) is 5.01. The van der Waals surface area contributed by atoms with Gasteiger partial charge >= 0.3 is 5.97 Å². The van der Waals surface area contributed by atoms with Crippen LogP contribution in [0, 0.1) is 0 Å². The number of amides is 2. The summed E-state index contributed by atoms with van der Waals surface area (Å²) in [6, 6.07) is 14.2. The van der Waals surface area contributed by atoms with E-state index in [-0.39, 0.29) is 5.91 Å². The minimum atomic E-state index is -1.00. The highest BCUT2D eigenvalue weighted by Crippen LogP contribution is 2.28. The van der Waals surface area contributed by atoms with Gasteiger partial charge in [-0.05, 0) is 44.3 Å². The summed E-state index contributed by atoms with van der Waals surface area (Å²) in [5, 5.41) is 6.12. The number of anilines is 2. The fourth-order valence-corrected chi connectivity index (χ4v) is 3.92. The van der Waals surface area contributed by atoms with Gasteiger partial charge in [0.1, 0.15) is 0 Å². The molecule has 2 aromatic carbocycles. The van der Waals surface area contributed by atoms with E-state index in [1.165, 1.54) is 6.92 Å². The molecule has 1 aliphatic heterocycles. The third-order valence-corrected chi connectivity index (χ3v) is 5.57. The number of pyridine rings is 1. The molecule has 1 aliphatic rings. The largest absolute Gasteiger partial charge is 0.449 e. The predicted molar refractivity (Wildman–Crippen MR) is 126 cm³/mol. The summed E-state index contributed by atoms with van der Waals surface area (Å²) >= 11 is 0. The fraction of sp³-hybridized carbons (Fsp3) is 0.280. The Labute approximate surface area is 191 Å². The number of para-hydroxylation sites is 1. The number of carbonyl (C=O) groups excluding carboxylic acids is 3. The third-order valence-electron chi connectivity index (χ3n) is 5.57. The monoisotopic (exact) mass is 446 g/mol. The number of fused-ring (bicyclic) bond motifs is 2. The standard InChI is InChI=1S/C25H26N4O4/c1-15(24(31)27-18-10-8-17(9-11-18)26-16(2)30)33-25(32)23-19-6-4-5-7-21(19)28-22-12-13-29(3)14-20(22)23/h4-11,15H,12-14H2,1-3H3,(H,26,30)(H,27,31)/t15-/m1/s1. The summed E-state index contributed by atoms with van der Waals surface area (Å²) in [5.41, 5.74) is 4.12. The van der Waals surface area contributed by atoms with E-state index >= 15 is 0 Å². The van der Waals surface area contributed by atoms with Crippen molar-refractivity contribution in [3.8, 4) is 0 Å². The molecule has 4 rings (SSSR count). The number of hydrogen-bond donors (Lipinski definition) is 2. The zero-order chi connectivity index (χ0) is 23.5. The first-order valence-corrected chi connectivity index (χ1v) is 10.8. The highest BCUT2D eigenvalue weighted by Gasteiger charge is 2.27. The van der Waals surface area contributed by atoms with Crippen LogP contribution in [-0.4, -0.2) is 47.4 Å². The smallest absolute Gasteiger partial charge is 0.339 e. The molecule has 0 radical (unpaired) electrons. The van der Waals surface area contributed by atoms with Crippen LogP contribution in [0.5, 0.6) is 0 Å². The van der Waals surface area contributed by atoms with Gasteiger partial charge in [-0.2, -0.15) is 0 Å². The molecule has 0 fully saturated rings. The number of esters is 1. The summed E-state index contributed by atoms with van der Waals surface area (Å²) < 4.78 is 5.60. The van der Waals surface area contributed by atoms with Gasteiger partial charge in [-0.15, -0.1) is 0 Å². The molecule has 0 aliphatic carbocycles. The van der Waals surface area contributed by atoms with Gasteiger partial charge in [0, 0.05) is 54.5 Å². The Balaban J connectivity index is 1.52. The van der Waals surface area contributed by atoms with Crippen molar-refractivity contribution in [1.82, 2.24) is 9.88 Å². The predicted octanol–water partition coefficient (Wildman–Crippen LogP) is 3.37. The number of likely N-dealkylation sites (N-methyl/N-ethyl adjacent to an activating group) is 1. The summed E-state index contributed by atoms with van der Waals surface area (Å²) in [4.78, 5) is 44.0. The van der Waals surface area contributed by atoms with E-state index in [2.05, 4.69) is 15.5 Å². The van der Waals surface area contributed by atoms with E-state index in [0.717, 1.165) is 35.1 Å². The Kier molecular flexibility index (Phi) is 6.37. The van der Waals surface area contributed by atoms with Crippen molar-refractivity contribution >= 4 is 40.1 Å². The minimum Gasteiger partial charge on any atom is -0.449 e. The summed E-state index contributed by atoms with van der Waals surface area (Å²) in [5.74, 6) is -1.16. The number of aromatic nitrogens is 1. The van der Waals surface area contributed by atoms with Crippen LogP contribution in [0.3, 0.4) is 0 Å². The number of ether oxygens (including phenoxy) is 1. The first-order valence-electron chi connectivity index (χ1n) is 10.8. The van der Waals surface area contributed by atoms with Crippen molar-refractivity contribution < 1.29 is 19.1 Å². The van der Waals surface area contributed by atoms with Crippen LogP contribution >= 0.6 is 0 Å². The zero-order valence-corrected chi connectivity index (χ0v) is 18.8. The lowest BCUT2D eigenvalue weighted by molar-refractivity contribution is -0.123. The van der Waals surface area contributed by atoms with Crippen LogP contribution in [0.2, 0.25) is 0 Å². The quantitative estimate of drug-likeness (QED) is 0.583. The molecule has 170 valence electrons. The molecule has 0 spiro atoms. The summed E-state index contributed by atoms with van der Waals surface area (Å²) in [6.07, 6.45) is -0.252. The molecule has 1 atom stereocenters. The van der Waals surface area contributed by atoms with Gasteiger partial charge in [-0.1, -0.05) is 18.2 Å². The zero-order valence-electron chi connectivity index (χ0n) is 18.8. The van der Waals surface area contributed by atoms with Crippen LogP contribution in [0.1, 0.15) is 35.5 Å². The van der Waals surface area contributed by atoms with E-state index < -0.39 is 18.0 Å². The molecule has 0 unspecified atom stereocenters.